The van der Waals surface area contributed by atoms with Gasteiger partial charge >= 0.3 is 0 Å². The molecule has 1 aliphatic rings. The summed E-state index contributed by atoms with van der Waals surface area (Å²) in [6.07, 6.45) is 1.17. The summed E-state index contributed by atoms with van der Waals surface area (Å²) in [6, 6.07) is 2.73. The molecule has 1 aromatic heterocycles. The molecule has 0 amide bonds. The predicted molar refractivity (Wildman–Crippen MR) is 82.2 cm³/mol. The second-order valence-electron chi connectivity index (χ2n) is 5.51. The molecular weight excluding hydrogens is 258 g/mol. The number of hydrogen-bond donors (Lipinski definition) is 0. The maximum atomic E-state index is 6.13. The van der Waals surface area contributed by atoms with E-state index in [0.717, 1.165) is 31.1 Å². The highest BCUT2D eigenvalue weighted by molar-refractivity contribution is 6.17. The number of piperazine rings is 1. The quantitative estimate of drug-likeness (QED) is 0.794. The van der Waals surface area contributed by atoms with Crippen LogP contribution in [0.2, 0.25) is 0 Å². The largest absolute Gasteiger partial charge is 0.353 e. The molecule has 2 heterocycles. The van der Waals surface area contributed by atoms with Crippen LogP contribution in [-0.2, 0) is 5.88 Å². The van der Waals surface area contributed by atoms with Gasteiger partial charge in [0.05, 0.1) is 5.88 Å². The van der Waals surface area contributed by atoms with Gasteiger partial charge in [-0.15, -0.1) is 11.6 Å². The zero-order chi connectivity index (χ0) is 14.0. The zero-order valence-corrected chi connectivity index (χ0v) is 13.2. The van der Waals surface area contributed by atoms with Gasteiger partial charge in [-0.2, -0.15) is 0 Å². The Morgan fingerprint density at radius 2 is 2.11 bits per heavy atom. The Morgan fingerprint density at radius 3 is 2.74 bits per heavy atom. The third-order valence-corrected chi connectivity index (χ3v) is 4.40. The fraction of sp³-hybridized carbons (Fsp3) is 0.667. The van der Waals surface area contributed by atoms with E-state index in [9.17, 15) is 0 Å². The van der Waals surface area contributed by atoms with Gasteiger partial charge in [0, 0.05) is 36.9 Å². The van der Waals surface area contributed by atoms with E-state index in [1.807, 2.05) is 0 Å². The Labute approximate surface area is 121 Å². The van der Waals surface area contributed by atoms with Gasteiger partial charge in [-0.3, -0.25) is 4.90 Å². The van der Waals surface area contributed by atoms with Crippen LogP contribution in [0.4, 0.5) is 5.82 Å². The molecule has 1 aromatic rings. The Kier molecular flexibility index (Phi) is 4.69. The van der Waals surface area contributed by atoms with Crippen LogP contribution in [0.5, 0.6) is 0 Å². The molecule has 0 saturated carbocycles. The van der Waals surface area contributed by atoms with E-state index in [0.29, 0.717) is 11.9 Å². The van der Waals surface area contributed by atoms with Crippen LogP contribution < -0.4 is 4.90 Å². The summed E-state index contributed by atoms with van der Waals surface area (Å²) in [4.78, 5) is 9.60. The SMILES string of the molecule is CCC1CN(c2nc(C)cc(C)c2CCl)CCN1C. The van der Waals surface area contributed by atoms with Crippen molar-refractivity contribution in [2.24, 2.45) is 0 Å². The lowest BCUT2D eigenvalue weighted by Gasteiger charge is -2.40. The molecule has 1 fully saturated rings. The van der Waals surface area contributed by atoms with Crippen LogP contribution in [0.15, 0.2) is 6.07 Å². The Bertz CT molecular complexity index is 447. The van der Waals surface area contributed by atoms with Crippen LogP contribution in [-0.4, -0.2) is 42.6 Å². The van der Waals surface area contributed by atoms with E-state index in [1.165, 1.54) is 17.5 Å². The Balaban J connectivity index is 2.31. The topological polar surface area (TPSA) is 19.4 Å². The number of aryl methyl sites for hydroxylation is 2. The molecule has 4 heteroatoms. The molecule has 0 bridgehead atoms. The molecule has 3 nitrogen and oxygen atoms in total. The second-order valence-corrected chi connectivity index (χ2v) is 5.77. The smallest absolute Gasteiger partial charge is 0.133 e. The van der Waals surface area contributed by atoms with Crippen molar-refractivity contribution in [1.29, 1.82) is 0 Å². The second kappa shape index (κ2) is 6.10. The lowest BCUT2D eigenvalue weighted by Crippen LogP contribution is -2.51. The number of halogens is 1. The van der Waals surface area contributed by atoms with E-state index >= 15 is 0 Å². The molecule has 1 saturated heterocycles. The van der Waals surface area contributed by atoms with Crippen molar-refractivity contribution < 1.29 is 0 Å². The van der Waals surface area contributed by atoms with Crippen molar-refractivity contribution in [2.75, 3.05) is 31.6 Å². The molecule has 0 radical (unpaired) electrons. The van der Waals surface area contributed by atoms with Crippen molar-refractivity contribution in [1.82, 2.24) is 9.88 Å². The molecule has 1 aliphatic heterocycles. The summed E-state index contributed by atoms with van der Waals surface area (Å²) in [5.41, 5.74) is 3.52. The van der Waals surface area contributed by atoms with Gasteiger partial charge in [0.15, 0.2) is 0 Å². The van der Waals surface area contributed by atoms with Crippen LogP contribution in [0.25, 0.3) is 0 Å². The lowest BCUT2D eigenvalue weighted by molar-refractivity contribution is 0.212. The molecule has 19 heavy (non-hydrogen) atoms. The molecular formula is C15H24ClN3. The van der Waals surface area contributed by atoms with Crippen molar-refractivity contribution in [3.8, 4) is 0 Å². The van der Waals surface area contributed by atoms with Crippen LogP contribution >= 0.6 is 11.6 Å². The number of rotatable bonds is 3. The van der Waals surface area contributed by atoms with Crippen LogP contribution in [0.3, 0.4) is 0 Å². The number of anilines is 1. The van der Waals surface area contributed by atoms with Crippen molar-refractivity contribution in [3.05, 3.63) is 22.9 Å². The third-order valence-electron chi connectivity index (χ3n) is 4.14. The van der Waals surface area contributed by atoms with Crippen LogP contribution in [0, 0.1) is 13.8 Å². The molecule has 1 unspecified atom stereocenters. The van der Waals surface area contributed by atoms with Crippen molar-refractivity contribution in [3.63, 3.8) is 0 Å². The molecule has 0 spiro atoms. The number of nitrogens with zero attached hydrogens (tertiary/aromatic N) is 3. The first-order valence-corrected chi connectivity index (χ1v) is 7.58. The van der Waals surface area contributed by atoms with E-state index < -0.39 is 0 Å². The molecule has 0 aliphatic carbocycles. The number of aromatic nitrogens is 1. The fourth-order valence-corrected chi connectivity index (χ4v) is 3.18. The summed E-state index contributed by atoms with van der Waals surface area (Å²) in [5.74, 6) is 1.64. The van der Waals surface area contributed by atoms with Gasteiger partial charge in [0.25, 0.3) is 0 Å². The molecule has 0 aromatic carbocycles. The molecule has 106 valence electrons. The van der Waals surface area contributed by atoms with Gasteiger partial charge in [0.1, 0.15) is 5.82 Å². The van der Waals surface area contributed by atoms with Crippen LogP contribution in [0.1, 0.15) is 30.2 Å². The highest BCUT2D eigenvalue weighted by atomic mass is 35.5. The van der Waals surface area contributed by atoms with Gasteiger partial charge in [-0.1, -0.05) is 6.92 Å². The Morgan fingerprint density at radius 1 is 1.37 bits per heavy atom. The monoisotopic (exact) mass is 281 g/mol. The van der Waals surface area contributed by atoms with Gasteiger partial charge in [-0.05, 0) is 38.9 Å². The first-order chi connectivity index (χ1) is 9.06. The fourth-order valence-electron chi connectivity index (χ4n) is 2.85. The third kappa shape index (κ3) is 3.03. The lowest BCUT2D eigenvalue weighted by atomic mass is 10.1. The predicted octanol–water partition coefficient (Wildman–Crippen LogP) is 2.97. The first kappa shape index (κ1) is 14.6. The number of hydrogen-bond acceptors (Lipinski definition) is 3. The number of alkyl halides is 1. The first-order valence-electron chi connectivity index (χ1n) is 7.05. The van der Waals surface area contributed by atoms with E-state index in [-0.39, 0.29) is 0 Å². The summed E-state index contributed by atoms with van der Waals surface area (Å²) in [6.45, 7) is 9.61. The van der Waals surface area contributed by atoms with Gasteiger partial charge in [-0.25, -0.2) is 4.98 Å². The summed E-state index contributed by atoms with van der Waals surface area (Å²) in [7, 11) is 2.21. The maximum Gasteiger partial charge on any atom is 0.133 e. The standard InChI is InChI=1S/C15H24ClN3/c1-5-13-10-19(7-6-18(13)4)15-14(9-16)11(2)8-12(3)17-15/h8,13H,5-7,9-10H2,1-4H3. The number of pyridine rings is 1. The average molecular weight is 282 g/mol. The number of likely N-dealkylation sites (N-methyl/N-ethyl adjacent to an activating group) is 1. The van der Waals surface area contributed by atoms with Crippen molar-refractivity contribution >= 4 is 17.4 Å². The Hall–Kier alpha value is -0.800. The zero-order valence-electron chi connectivity index (χ0n) is 12.4. The minimum absolute atomic E-state index is 0.539. The molecule has 1 atom stereocenters. The van der Waals surface area contributed by atoms with Gasteiger partial charge in [0.2, 0.25) is 0 Å². The van der Waals surface area contributed by atoms with E-state index in [4.69, 9.17) is 16.6 Å². The minimum Gasteiger partial charge on any atom is -0.353 e. The molecule has 2 rings (SSSR count). The molecule has 0 N–H and O–H groups in total. The average Bonchev–Trinajstić information content (AvgIpc) is 2.38. The van der Waals surface area contributed by atoms with Gasteiger partial charge < -0.3 is 4.90 Å². The summed E-state index contributed by atoms with van der Waals surface area (Å²) in [5, 5.41) is 0. The summed E-state index contributed by atoms with van der Waals surface area (Å²) >= 11 is 6.13. The van der Waals surface area contributed by atoms with E-state index in [2.05, 4.69) is 43.7 Å². The highest BCUT2D eigenvalue weighted by Gasteiger charge is 2.25. The normalized spacial score (nSPS) is 20.9. The highest BCUT2D eigenvalue weighted by Crippen LogP contribution is 2.26. The maximum absolute atomic E-state index is 6.13. The minimum atomic E-state index is 0.539. The van der Waals surface area contributed by atoms with Crippen molar-refractivity contribution in [2.45, 2.75) is 39.1 Å². The summed E-state index contributed by atoms with van der Waals surface area (Å²) < 4.78 is 0. The van der Waals surface area contributed by atoms with E-state index in [1.54, 1.807) is 0 Å².